The lowest BCUT2D eigenvalue weighted by molar-refractivity contribution is -0.143. The summed E-state index contributed by atoms with van der Waals surface area (Å²) in [6.07, 6.45) is 10.1. The van der Waals surface area contributed by atoms with E-state index < -0.39 is 14.6 Å². The fraction of sp³-hybridized carbons (Fsp3) is 0.562. The molecule has 0 bridgehead atoms. The molecule has 0 radical (unpaired) electrons. The molecule has 0 spiro atoms. The number of hydrogen-bond acceptors (Lipinski definition) is 11. The van der Waals surface area contributed by atoms with Crippen molar-refractivity contribution in [2.24, 2.45) is 5.92 Å². The normalized spacial score (nSPS) is 15.1. The Balaban J connectivity index is 1.37. The third-order valence-corrected chi connectivity index (χ3v) is 9.07. The third kappa shape index (κ3) is 11.1. The van der Waals surface area contributed by atoms with Crippen LogP contribution in [0.2, 0.25) is 0 Å². The molecule has 2 atom stereocenters. The first-order valence-corrected chi connectivity index (χ1v) is 17.0. The number of anilines is 1. The molecule has 4 rings (SSSR count). The molecule has 1 fully saturated rings. The number of carbonyl (C=O) groups is 1. The summed E-state index contributed by atoms with van der Waals surface area (Å²) < 4.78 is 31.5. The molecule has 1 aliphatic rings. The largest absolute Gasteiger partial charge is 0.490 e. The van der Waals surface area contributed by atoms with Crippen LogP contribution >= 0.6 is 8.53 Å². The van der Waals surface area contributed by atoms with E-state index in [0.29, 0.717) is 36.9 Å². The second kappa shape index (κ2) is 18.5. The first kappa shape index (κ1) is 34.4. The average Bonchev–Trinajstić information content (AvgIpc) is 3.49. The van der Waals surface area contributed by atoms with E-state index in [1.165, 1.54) is 25.6 Å². The molecule has 13 heteroatoms. The van der Waals surface area contributed by atoms with Gasteiger partial charge in [-0.1, -0.05) is 33.1 Å². The third-order valence-electron chi connectivity index (χ3n) is 7.90. The van der Waals surface area contributed by atoms with Gasteiger partial charge in [0, 0.05) is 5.69 Å². The van der Waals surface area contributed by atoms with Crippen LogP contribution in [0.5, 0.6) is 11.5 Å². The maximum Gasteiger partial charge on any atom is 0.320 e. The number of aryl methyl sites for hydroxylation is 1. The van der Waals surface area contributed by atoms with E-state index in [9.17, 15) is 4.79 Å². The summed E-state index contributed by atoms with van der Waals surface area (Å²) in [6.45, 7) is 4.52. The minimum atomic E-state index is -1.76. The number of benzene rings is 1. The molecular weight excluding hydrogens is 595 g/mol. The number of aromatic nitrogens is 3. The van der Waals surface area contributed by atoms with E-state index in [1.54, 1.807) is 4.52 Å². The molecular formula is C32H45N6O6P. The van der Waals surface area contributed by atoms with Crippen molar-refractivity contribution in [2.75, 3.05) is 32.1 Å². The Labute approximate surface area is 266 Å². The Hall–Kier alpha value is -3.49. The summed E-state index contributed by atoms with van der Waals surface area (Å²) >= 11 is 0. The second-order valence-corrected chi connectivity index (χ2v) is 12.4. The van der Waals surface area contributed by atoms with E-state index in [-0.39, 0.29) is 31.8 Å². The van der Waals surface area contributed by atoms with Gasteiger partial charge in [0.15, 0.2) is 5.82 Å². The Morgan fingerprint density at radius 3 is 2.60 bits per heavy atom. The van der Waals surface area contributed by atoms with Crippen molar-refractivity contribution in [3.05, 3.63) is 48.4 Å². The van der Waals surface area contributed by atoms with Crippen LogP contribution in [0.3, 0.4) is 0 Å². The Kier molecular flexibility index (Phi) is 14.1. The van der Waals surface area contributed by atoms with Crippen LogP contribution in [0.15, 0.2) is 42.7 Å². The highest BCUT2D eigenvalue weighted by molar-refractivity contribution is 7.45. The van der Waals surface area contributed by atoms with Gasteiger partial charge in [-0.2, -0.15) is 10.4 Å². The summed E-state index contributed by atoms with van der Waals surface area (Å²) in [5, 5.41) is 16.5. The van der Waals surface area contributed by atoms with Gasteiger partial charge in [-0.3, -0.25) is 4.79 Å². The molecule has 45 heavy (non-hydrogen) atoms. The molecule has 12 nitrogen and oxygen atoms in total. The molecule has 3 aromatic rings. The SMILES string of the molecule is CCC(CC)COC(=O)CNP(OCC(CCc1ccc2c(N)ncnn12)OCC#N)Oc1ccc(OC2CCCCC2)cc1. The number of nitrogens with two attached hydrogens (primary N) is 1. The van der Waals surface area contributed by atoms with Crippen LogP contribution in [0, 0.1) is 17.2 Å². The summed E-state index contributed by atoms with van der Waals surface area (Å²) in [7, 11) is -1.76. The molecule has 0 aliphatic heterocycles. The highest BCUT2D eigenvalue weighted by Crippen LogP contribution is 2.37. The molecule has 2 aromatic heterocycles. The molecule has 0 saturated heterocycles. The van der Waals surface area contributed by atoms with Gasteiger partial charge in [-0.15, -0.1) is 0 Å². The highest BCUT2D eigenvalue weighted by Gasteiger charge is 2.21. The molecule has 2 heterocycles. The molecule has 244 valence electrons. The lowest BCUT2D eigenvalue weighted by Gasteiger charge is -2.24. The van der Waals surface area contributed by atoms with Gasteiger partial charge in [-0.25, -0.2) is 14.6 Å². The Morgan fingerprint density at radius 1 is 1.11 bits per heavy atom. The summed E-state index contributed by atoms with van der Waals surface area (Å²) in [5.41, 5.74) is 7.63. The topological polar surface area (TPSA) is 155 Å². The Bertz CT molecular complexity index is 1360. The zero-order valence-electron chi connectivity index (χ0n) is 26.2. The number of esters is 1. The van der Waals surface area contributed by atoms with Crippen molar-refractivity contribution >= 4 is 25.8 Å². The number of fused-ring (bicyclic) bond motifs is 1. The van der Waals surface area contributed by atoms with Gasteiger partial charge in [0.05, 0.1) is 31.5 Å². The number of nitrogens with zero attached hydrogens (tertiary/aromatic N) is 4. The Morgan fingerprint density at radius 2 is 1.87 bits per heavy atom. The van der Waals surface area contributed by atoms with E-state index in [0.717, 1.165) is 42.6 Å². The number of nitrogens with one attached hydrogen (secondary N) is 1. The van der Waals surface area contributed by atoms with Gasteiger partial charge < -0.3 is 29.0 Å². The van der Waals surface area contributed by atoms with Crippen LogP contribution < -0.4 is 20.1 Å². The van der Waals surface area contributed by atoms with Crippen molar-refractivity contribution in [3.8, 4) is 17.6 Å². The van der Waals surface area contributed by atoms with Crippen molar-refractivity contribution in [1.82, 2.24) is 19.7 Å². The molecule has 1 aliphatic carbocycles. The quantitative estimate of drug-likeness (QED) is 0.121. The number of rotatable bonds is 19. The second-order valence-electron chi connectivity index (χ2n) is 11.1. The van der Waals surface area contributed by atoms with E-state index in [2.05, 4.69) is 29.0 Å². The predicted octanol–water partition coefficient (Wildman–Crippen LogP) is 5.76. The van der Waals surface area contributed by atoms with Crippen molar-refractivity contribution < 1.29 is 28.1 Å². The van der Waals surface area contributed by atoms with Gasteiger partial charge in [0.25, 0.3) is 0 Å². The maximum atomic E-state index is 12.5. The van der Waals surface area contributed by atoms with Crippen LogP contribution in [0.4, 0.5) is 5.82 Å². The monoisotopic (exact) mass is 640 g/mol. The van der Waals surface area contributed by atoms with Gasteiger partial charge in [-0.05, 0) is 80.8 Å². The molecule has 0 amide bonds. The highest BCUT2D eigenvalue weighted by atomic mass is 31.2. The number of nitrogen functional groups attached to an aromatic ring is 1. The molecule has 1 aromatic carbocycles. The summed E-state index contributed by atoms with van der Waals surface area (Å²) in [6, 6.07) is 13.3. The zero-order chi connectivity index (χ0) is 31.9. The van der Waals surface area contributed by atoms with Gasteiger partial charge >= 0.3 is 14.5 Å². The lowest BCUT2D eigenvalue weighted by atomic mass is 9.98. The average molecular weight is 641 g/mol. The first-order chi connectivity index (χ1) is 22.0. The molecule has 1 saturated carbocycles. The zero-order valence-corrected chi connectivity index (χ0v) is 27.1. The fourth-order valence-corrected chi connectivity index (χ4v) is 6.18. The number of ether oxygens (including phenoxy) is 3. The van der Waals surface area contributed by atoms with Gasteiger partial charge in [0.1, 0.15) is 36.5 Å². The standard InChI is InChI=1S/C32H45N6O6P/c1-3-24(4-2)21-41-31(39)20-37-45(44-28-15-13-27(14-16-28)43-26-8-6-5-7-9-26)42-22-29(40-19-18-33)12-10-25-11-17-30-32(34)35-23-36-38(25)30/h11,13-17,23-24,26,29,37H,3-10,12,19-22H2,1-2H3,(H2,34,35,36). The molecule has 2 unspecified atom stereocenters. The smallest absolute Gasteiger partial charge is 0.320 e. The van der Waals surface area contributed by atoms with E-state index in [4.69, 9.17) is 34.3 Å². The van der Waals surface area contributed by atoms with E-state index in [1.807, 2.05) is 42.5 Å². The first-order valence-electron chi connectivity index (χ1n) is 15.8. The summed E-state index contributed by atoms with van der Waals surface area (Å²) in [4.78, 5) is 16.6. The summed E-state index contributed by atoms with van der Waals surface area (Å²) in [5.74, 6) is 1.72. The predicted molar refractivity (Wildman–Crippen MR) is 172 cm³/mol. The van der Waals surface area contributed by atoms with Crippen molar-refractivity contribution in [2.45, 2.75) is 83.8 Å². The number of carbonyl (C=O) groups excluding carboxylic acids is 1. The maximum absolute atomic E-state index is 12.5. The van der Waals surface area contributed by atoms with Crippen LogP contribution in [0.1, 0.15) is 70.9 Å². The van der Waals surface area contributed by atoms with Crippen molar-refractivity contribution in [3.63, 3.8) is 0 Å². The number of hydrogen-bond donors (Lipinski definition) is 2. The number of nitriles is 1. The fourth-order valence-electron chi connectivity index (χ4n) is 5.10. The van der Waals surface area contributed by atoms with Crippen LogP contribution in [-0.4, -0.2) is 59.1 Å². The minimum absolute atomic E-state index is 0.0737. The lowest BCUT2D eigenvalue weighted by Crippen LogP contribution is -2.27. The minimum Gasteiger partial charge on any atom is -0.490 e. The van der Waals surface area contributed by atoms with Crippen LogP contribution in [0.25, 0.3) is 5.52 Å². The van der Waals surface area contributed by atoms with Gasteiger partial charge in [0.2, 0.25) is 0 Å². The van der Waals surface area contributed by atoms with Crippen molar-refractivity contribution in [1.29, 1.82) is 5.26 Å². The molecule has 3 N–H and O–H groups in total. The van der Waals surface area contributed by atoms with Crippen LogP contribution in [-0.2, 0) is 25.2 Å². The van der Waals surface area contributed by atoms with E-state index >= 15 is 0 Å².